The van der Waals surface area contributed by atoms with Crippen LogP contribution in [0, 0.1) is 0 Å². The maximum Gasteiger partial charge on any atom is 0.328 e. The van der Waals surface area contributed by atoms with E-state index < -0.39 is 27.0 Å². The Morgan fingerprint density at radius 1 is 1.00 bits per heavy atom. The molecule has 1 aromatic heterocycles. The molecule has 11 heteroatoms. The first-order chi connectivity index (χ1) is 17.2. The topological polar surface area (TPSA) is 141 Å². The summed E-state index contributed by atoms with van der Waals surface area (Å²) < 4.78 is 36.1. The molecule has 1 heterocycles. The minimum atomic E-state index is -4.50. The summed E-state index contributed by atoms with van der Waals surface area (Å²) in [4.78, 5) is 27.7. The van der Waals surface area contributed by atoms with Gasteiger partial charge in [-0.25, -0.2) is 5.43 Å². The number of hydrogen-bond acceptors (Lipinski definition) is 7. The second kappa shape index (κ2) is 12.0. The summed E-state index contributed by atoms with van der Waals surface area (Å²) in [5, 5.41) is 5.70. The first-order valence-electron chi connectivity index (χ1n) is 11.0. The number of hydrogen-bond donors (Lipinski definition) is 3. The van der Waals surface area contributed by atoms with Gasteiger partial charge >= 0.3 is 10.1 Å². The second-order valence-electron chi connectivity index (χ2n) is 7.47. The molecule has 10 nitrogen and oxygen atoms in total. The van der Waals surface area contributed by atoms with Gasteiger partial charge in [0.15, 0.2) is 0 Å². The van der Waals surface area contributed by atoms with Crippen molar-refractivity contribution in [3.05, 3.63) is 89.3 Å². The highest BCUT2D eigenvalue weighted by Crippen LogP contribution is 2.17. The summed E-state index contributed by atoms with van der Waals surface area (Å²) in [5.74, 6) is -1.22. The molecule has 0 spiro atoms. The van der Waals surface area contributed by atoms with E-state index in [2.05, 4.69) is 34.6 Å². The average molecular weight is 511 g/mol. The van der Waals surface area contributed by atoms with Crippen molar-refractivity contribution in [3.8, 4) is 0 Å². The van der Waals surface area contributed by atoms with Crippen molar-refractivity contribution in [2.75, 3.05) is 18.0 Å². The van der Waals surface area contributed by atoms with Gasteiger partial charge in [0.05, 0.1) is 6.21 Å². The highest BCUT2D eigenvalue weighted by molar-refractivity contribution is 7.85. The molecule has 188 valence electrons. The molecule has 0 aliphatic rings. The highest BCUT2D eigenvalue weighted by Gasteiger charge is 2.16. The van der Waals surface area contributed by atoms with Crippen LogP contribution in [0.25, 0.3) is 6.08 Å². The van der Waals surface area contributed by atoms with E-state index in [1.165, 1.54) is 12.1 Å². The van der Waals surface area contributed by atoms with Crippen LogP contribution in [0.15, 0.2) is 87.0 Å². The SMILES string of the molecule is CCN(CC)c1ccc(C=C(NC(=O)c2ccccc2)C(=O)NN=Cc2ccc(S(=O)(=O)O)o2)cc1. The van der Waals surface area contributed by atoms with Gasteiger partial charge in [0.2, 0.25) is 5.09 Å². The Morgan fingerprint density at radius 3 is 2.25 bits per heavy atom. The third-order valence-electron chi connectivity index (χ3n) is 5.08. The van der Waals surface area contributed by atoms with Gasteiger partial charge in [-0.3, -0.25) is 14.1 Å². The smallest absolute Gasteiger partial charge is 0.328 e. The highest BCUT2D eigenvalue weighted by atomic mass is 32.2. The van der Waals surface area contributed by atoms with E-state index in [0.29, 0.717) is 11.1 Å². The van der Waals surface area contributed by atoms with Gasteiger partial charge in [0.25, 0.3) is 11.8 Å². The van der Waals surface area contributed by atoms with E-state index in [9.17, 15) is 18.0 Å². The van der Waals surface area contributed by atoms with Crippen LogP contribution < -0.4 is 15.6 Å². The minimum Gasteiger partial charge on any atom is -0.441 e. The van der Waals surface area contributed by atoms with Gasteiger partial charge in [-0.2, -0.15) is 13.5 Å². The summed E-state index contributed by atoms with van der Waals surface area (Å²) in [7, 11) is -4.50. The van der Waals surface area contributed by atoms with E-state index in [1.807, 2.05) is 24.3 Å². The second-order valence-corrected chi connectivity index (χ2v) is 8.83. The van der Waals surface area contributed by atoms with Crippen LogP contribution in [0.2, 0.25) is 0 Å². The number of rotatable bonds is 10. The lowest BCUT2D eigenvalue weighted by Gasteiger charge is -2.20. The van der Waals surface area contributed by atoms with Crippen molar-refractivity contribution in [3.63, 3.8) is 0 Å². The lowest BCUT2D eigenvalue weighted by Crippen LogP contribution is -2.32. The number of nitrogens with zero attached hydrogens (tertiary/aromatic N) is 2. The Kier molecular flexibility index (Phi) is 8.76. The number of benzene rings is 2. The quantitative estimate of drug-likeness (QED) is 0.164. The van der Waals surface area contributed by atoms with Crippen molar-refractivity contribution in [2.45, 2.75) is 18.9 Å². The third kappa shape index (κ3) is 7.14. The van der Waals surface area contributed by atoms with E-state index in [4.69, 9.17) is 8.97 Å². The number of carbonyl (C=O) groups is 2. The maximum atomic E-state index is 12.9. The molecular formula is C25H26N4O6S. The molecule has 3 aromatic rings. The Labute approximate surface area is 209 Å². The van der Waals surface area contributed by atoms with Gasteiger partial charge < -0.3 is 14.6 Å². The van der Waals surface area contributed by atoms with Crippen LogP contribution in [0.3, 0.4) is 0 Å². The molecule has 0 aliphatic heterocycles. The van der Waals surface area contributed by atoms with Gasteiger partial charge in [-0.05, 0) is 61.9 Å². The molecule has 0 atom stereocenters. The van der Waals surface area contributed by atoms with Crippen molar-refractivity contribution in [2.24, 2.45) is 5.10 Å². The average Bonchev–Trinajstić information content (AvgIpc) is 3.35. The number of hydrazone groups is 1. The van der Waals surface area contributed by atoms with Crippen molar-refractivity contribution in [1.29, 1.82) is 0 Å². The van der Waals surface area contributed by atoms with E-state index in [-0.39, 0.29) is 11.5 Å². The van der Waals surface area contributed by atoms with Gasteiger partial charge in [-0.1, -0.05) is 30.3 Å². The van der Waals surface area contributed by atoms with Crippen LogP contribution >= 0.6 is 0 Å². The summed E-state index contributed by atoms with van der Waals surface area (Å²) in [6, 6.07) is 18.2. The van der Waals surface area contributed by atoms with Crippen molar-refractivity contribution < 1.29 is 27.0 Å². The van der Waals surface area contributed by atoms with Gasteiger partial charge in [0, 0.05) is 24.3 Å². The molecule has 0 unspecified atom stereocenters. The zero-order valence-corrected chi connectivity index (χ0v) is 20.5. The van der Waals surface area contributed by atoms with E-state index >= 15 is 0 Å². The lowest BCUT2D eigenvalue weighted by molar-refractivity contribution is -0.117. The minimum absolute atomic E-state index is 0.0197. The van der Waals surface area contributed by atoms with Crippen molar-refractivity contribution >= 4 is 39.9 Å². The summed E-state index contributed by atoms with van der Waals surface area (Å²) in [6.07, 6.45) is 2.57. The third-order valence-corrected chi connectivity index (χ3v) is 5.80. The van der Waals surface area contributed by atoms with Gasteiger partial charge in [-0.15, -0.1) is 0 Å². The Hall–Kier alpha value is -4.22. The zero-order valence-electron chi connectivity index (χ0n) is 19.7. The normalized spacial score (nSPS) is 11.9. The summed E-state index contributed by atoms with van der Waals surface area (Å²) in [5.41, 5.74) is 4.29. The van der Waals surface area contributed by atoms with Gasteiger partial charge in [0.1, 0.15) is 11.5 Å². The van der Waals surface area contributed by atoms with E-state index in [0.717, 1.165) is 31.1 Å². The molecule has 3 N–H and O–H groups in total. The molecule has 0 saturated carbocycles. The van der Waals surface area contributed by atoms with Crippen LogP contribution in [0.5, 0.6) is 0 Å². The number of amides is 2. The fourth-order valence-corrected chi connectivity index (χ4v) is 3.68. The molecule has 0 fully saturated rings. The molecule has 36 heavy (non-hydrogen) atoms. The van der Waals surface area contributed by atoms with Crippen LogP contribution in [-0.4, -0.2) is 44.1 Å². The zero-order chi connectivity index (χ0) is 26.1. The molecule has 0 bridgehead atoms. The Bertz CT molecular complexity index is 1360. The standard InChI is InChI=1S/C25H26N4O6S/c1-3-29(4-2)20-12-10-18(11-13-20)16-22(27-24(30)19-8-6-5-7-9-19)25(31)28-26-17-21-14-15-23(35-21)36(32,33)34/h5-17H,3-4H2,1-2H3,(H,27,30)(H,28,31)(H,32,33,34). The van der Waals surface area contributed by atoms with Crippen LogP contribution in [-0.2, 0) is 14.9 Å². The number of anilines is 1. The lowest BCUT2D eigenvalue weighted by atomic mass is 10.1. The summed E-state index contributed by atoms with van der Waals surface area (Å²) in [6.45, 7) is 5.83. The fraction of sp³-hybridized carbons (Fsp3) is 0.160. The Balaban J connectivity index is 1.82. The molecule has 2 aromatic carbocycles. The summed E-state index contributed by atoms with van der Waals surface area (Å²) >= 11 is 0. The fourth-order valence-electron chi connectivity index (χ4n) is 3.24. The molecule has 0 aliphatic carbocycles. The monoisotopic (exact) mass is 510 g/mol. The first-order valence-corrected chi connectivity index (χ1v) is 12.5. The number of carbonyl (C=O) groups excluding carboxylic acids is 2. The largest absolute Gasteiger partial charge is 0.441 e. The number of furan rings is 1. The molecule has 0 radical (unpaired) electrons. The van der Waals surface area contributed by atoms with E-state index in [1.54, 1.807) is 30.3 Å². The molecular weight excluding hydrogens is 484 g/mol. The number of nitrogens with one attached hydrogen (secondary N) is 2. The predicted molar refractivity (Wildman–Crippen MR) is 136 cm³/mol. The molecule has 2 amide bonds. The van der Waals surface area contributed by atoms with Crippen LogP contribution in [0.4, 0.5) is 5.69 Å². The predicted octanol–water partition coefficient (Wildman–Crippen LogP) is 3.29. The Morgan fingerprint density at radius 2 is 1.67 bits per heavy atom. The molecule has 3 rings (SSSR count). The maximum absolute atomic E-state index is 12.9. The first kappa shape index (κ1) is 26.4. The molecule has 0 saturated heterocycles. The van der Waals surface area contributed by atoms with Crippen LogP contribution in [0.1, 0.15) is 35.5 Å². The van der Waals surface area contributed by atoms with Crippen molar-refractivity contribution in [1.82, 2.24) is 10.7 Å².